The Labute approximate surface area is 89.4 Å². The van der Waals surface area contributed by atoms with Crippen molar-refractivity contribution in [3.8, 4) is 0 Å². The van der Waals surface area contributed by atoms with Gasteiger partial charge < -0.3 is 15.0 Å². The first-order valence-electron chi connectivity index (χ1n) is 4.98. The minimum atomic E-state index is -1.43. The van der Waals surface area contributed by atoms with E-state index in [-0.39, 0.29) is 6.42 Å². The third-order valence-electron chi connectivity index (χ3n) is 2.35. The molecule has 0 aromatic heterocycles. The first-order chi connectivity index (χ1) is 7.00. The van der Waals surface area contributed by atoms with Gasteiger partial charge in [0.2, 0.25) is 0 Å². The number of benzene rings is 1. The molecule has 0 aliphatic heterocycles. The Morgan fingerprint density at radius 2 is 1.87 bits per heavy atom. The average molecular weight is 207 g/mol. The van der Waals surface area contributed by atoms with Crippen LogP contribution >= 0.6 is 0 Å². The van der Waals surface area contributed by atoms with Crippen molar-refractivity contribution in [3.63, 3.8) is 0 Å². The maximum atomic E-state index is 10.3. The van der Waals surface area contributed by atoms with Crippen molar-refractivity contribution >= 4 is 5.97 Å². The monoisotopic (exact) mass is 207 g/mol. The van der Waals surface area contributed by atoms with Gasteiger partial charge in [-0.15, -0.1) is 0 Å². The number of carboxylic acid groups (broad SMARTS) is 1. The minimum Gasteiger partial charge on any atom is -0.547 e. The van der Waals surface area contributed by atoms with E-state index in [1.807, 2.05) is 24.3 Å². The number of hydrogen-bond donors (Lipinski definition) is 1. The van der Waals surface area contributed by atoms with E-state index in [9.17, 15) is 9.90 Å². The Kier molecular flexibility index (Phi) is 3.86. The van der Waals surface area contributed by atoms with Crippen LogP contribution in [-0.4, -0.2) is 17.2 Å². The van der Waals surface area contributed by atoms with Gasteiger partial charge >= 0.3 is 0 Å². The molecule has 0 radical (unpaired) electrons. The van der Waals surface area contributed by atoms with Crippen molar-refractivity contribution in [2.75, 3.05) is 0 Å². The molecule has 3 nitrogen and oxygen atoms in total. The van der Waals surface area contributed by atoms with Crippen LogP contribution in [0.2, 0.25) is 0 Å². The Morgan fingerprint density at radius 3 is 2.27 bits per heavy atom. The van der Waals surface area contributed by atoms with E-state index in [1.54, 1.807) is 0 Å². The normalized spacial score (nSPS) is 12.8. The van der Waals surface area contributed by atoms with E-state index in [0.29, 0.717) is 5.92 Å². The number of aliphatic hydroxyl groups excluding tert-OH is 1. The van der Waals surface area contributed by atoms with Crippen LogP contribution in [0.5, 0.6) is 0 Å². The summed E-state index contributed by atoms with van der Waals surface area (Å²) in [5, 5.41) is 19.4. The molecule has 0 heterocycles. The van der Waals surface area contributed by atoms with Crippen molar-refractivity contribution in [1.29, 1.82) is 0 Å². The highest BCUT2D eigenvalue weighted by Crippen LogP contribution is 2.15. The number of aliphatic carboxylic acids is 1. The fourth-order valence-electron chi connectivity index (χ4n) is 1.35. The van der Waals surface area contributed by atoms with Crippen LogP contribution in [0.4, 0.5) is 0 Å². The fraction of sp³-hybridized carbons (Fsp3) is 0.417. The molecule has 82 valence electrons. The molecule has 0 bridgehead atoms. The summed E-state index contributed by atoms with van der Waals surface area (Å²) in [6.07, 6.45) is -1.32. The number of carbonyl (C=O) groups excluding carboxylic acids is 1. The molecule has 0 spiro atoms. The van der Waals surface area contributed by atoms with E-state index < -0.39 is 12.1 Å². The molecule has 0 saturated heterocycles. The van der Waals surface area contributed by atoms with E-state index in [2.05, 4.69) is 13.8 Å². The third-order valence-corrected chi connectivity index (χ3v) is 2.35. The molecule has 3 heteroatoms. The Bertz CT molecular complexity index is 327. The summed E-state index contributed by atoms with van der Waals surface area (Å²) in [6.45, 7) is 4.18. The zero-order chi connectivity index (χ0) is 11.4. The Balaban J connectivity index is 2.68. The van der Waals surface area contributed by atoms with Crippen LogP contribution in [-0.2, 0) is 11.2 Å². The molecule has 1 rings (SSSR count). The van der Waals surface area contributed by atoms with Crippen molar-refractivity contribution in [1.82, 2.24) is 0 Å². The lowest BCUT2D eigenvalue weighted by atomic mass is 10.00. The SMILES string of the molecule is CC(C)c1ccc(C[C@H](O)C(=O)[O-])cc1. The molecule has 0 saturated carbocycles. The maximum Gasteiger partial charge on any atom is 0.0973 e. The van der Waals surface area contributed by atoms with E-state index in [1.165, 1.54) is 5.56 Å². The first-order valence-corrected chi connectivity index (χ1v) is 4.98. The molecule has 1 atom stereocenters. The molecule has 0 fully saturated rings. The molecule has 1 N–H and O–H groups in total. The van der Waals surface area contributed by atoms with Crippen molar-refractivity contribution < 1.29 is 15.0 Å². The highest BCUT2D eigenvalue weighted by Gasteiger charge is 2.06. The lowest BCUT2D eigenvalue weighted by Gasteiger charge is -2.12. The molecule has 0 aliphatic carbocycles. The van der Waals surface area contributed by atoms with Crippen molar-refractivity contribution in [2.45, 2.75) is 32.3 Å². The predicted molar refractivity (Wildman–Crippen MR) is 55.2 cm³/mol. The molecular formula is C12H15O3-. The van der Waals surface area contributed by atoms with Gasteiger partial charge in [-0.05, 0) is 17.0 Å². The van der Waals surface area contributed by atoms with Gasteiger partial charge in [-0.2, -0.15) is 0 Å². The van der Waals surface area contributed by atoms with Gasteiger partial charge in [0.05, 0.1) is 12.1 Å². The molecular weight excluding hydrogens is 192 g/mol. The van der Waals surface area contributed by atoms with Crippen LogP contribution in [0.15, 0.2) is 24.3 Å². The number of carboxylic acids is 1. The third kappa shape index (κ3) is 3.36. The standard InChI is InChI=1S/C12H16O3/c1-8(2)10-5-3-9(4-6-10)7-11(13)12(14)15/h3-6,8,11,13H,7H2,1-2H3,(H,14,15)/p-1/t11-/m0/s1. The molecule has 1 aromatic carbocycles. The second-order valence-electron chi connectivity index (χ2n) is 3.94. The zero-order valence-corrected chi connectivity index (χ0v) is 8.93. The maximum absolute atomic E-state index is 10.3. The predicted octanol–water partition coefficient (Wildman–Crippen LogP) is 0.463. The Hall–Kier alpha value is -1.35. The van der Waals surface area contributed by atoms with Crippen LogP contribution < -0.4 is 5.11 Å². The molecule has 0 amide bonds. The lowest BCUT2D eigenvalue weighted by molar-refractivity contribution is -0.314. The van der Waals surface area contributed by atoms with Crippen LogP contribution in [0, 0.1) is 0 Å². The van der Waals surface area contributed by atoms with Gasteiger partial charge in [0.25, 0.3) is 0 Å². The van der Waals surface area contributed by atoms with Crippen LogP contribution in [0.3, 0.4) is 0 Å². The smallest absolute Gasteiger partial charge is 0.0973 e. The summed E-state index contributed by atoms with van der Waals surface area (Å²) in [5.74, 6) is -0.979. The van der Waals surface area contributed by atoms with Gasteiger partial charge in [-0.3, -0.25) is 0 Å². The Morgan fingerprint density at radius 1 is 1.33 bits per heavy atom. The summed E-state index contributed by atoms with van der Waals surface area (Å²) in [7, 11) is 0. The van der Waals surface area contributed by atoms with E-state index in [0.717, 1.165) is 5.56 Å². The summed E-state index contributed by atoms with van der Waals surface area (Å²) < 4.78 is 0. The number of hydrogen-bond acceptors (Lipinski definition) is 3. The van der Waals surface area contributed by atoms with Gasteiger partial charge in [0, 0.05) is 6.42 Å². The largest absolute Gasteiger partial charge is 0.547 e. The quantitative estimate of drug-likeness (QED) is 0.780. The van der Waals surface area contributed by atoms with Crippen LogP contribution in [0.25, 0.3) is 0 Å². The van der Waals surface area contributed by atoms with Gasteiger partial charge in [0.1, 0.15) is 0 Å². The highest BCUT2D eigenvalue weighted by atomic mass is 16.4. The van der Waals surface area contributed by atoms with Gasteiger partial charge in [-0.25, -0.2) is 0 Å². The zero-order valence-electron chi connectivity index (χ0n) is 8.93. The number of carbonyl (C=O) groups is 1. The first kappa shape index (κ1) is 11.7. The second kappa shape index (κ2) is 4.94. The van der Waals surface area contributed by atoms with E-state index in [4.69, 9.17) is 5.11 Å². The van der Waals surface area contributed by atoms with Crippen LogP contribution in [0.1, 0.15) is 30.9 Å². The second-order valence-corrected chi connectivity index (χ2v) is 3.94. The lowest BCUT2D eigenvalue weighted by Crippen LogP contribution is -2.36. The summed E-state index contributed by atoms with van der Waals surface area (Å²) in [5.41, 5.74) is 2.00. The van der Waals surface area contributed by atoms with Crippen molar-refractivity contribution in [2.24, 2.45) is 0 Å². The summed E-state index contributed by atoms with van der Waals surface area (Å²) >= 11 is 0. The number of aliphatic hydroxyl groups is 1. The van der Waals surface area contributed by atoms with Gasteiger partial charge in [0.15, 0.2) is 0 Å². The number of rotatable bonds is 4. The summed E-state index contributed by atoms with van der Waals surface area (Å²) in [6, 6.07) is 7.56. The molecule has 1 aromatic rings. The summed E-state index contributed by atoms with van der Waals surface area (Å²) in [4.78, 5) is 10.3. The molecule has 15 heavy (non-hydrogen) atoms. The van der Waals surface area contributed by atoms with Crippen molar-refractivity contribution in [3.05, 3.63) is 35.4 Å². The highest BCUT2D eigenvalue weighted by molar-refractivity contribution is 5.70. The van der Waals surface area contributed by atoms with E-state index >= 15 is 0 Å². The topological polar surface area (TPSA) is 60.4 Å². The minimum absolute atomic E-state index is 0.0979. The fourth-order valence-corrected chi connectivity index (χ4v) is 1.35. The average Bonchev–Trinajstić information content (AvgIpc) is 2.18. The van der Waals surface area contributed by atoms with Gasteiger partial charge in [-0.1, -0.05) is 38.1 Å². The molecule has 0 unspecified atom stereocenters. The molecule has 0 aliphatic rings.